The van der Waals surface area contributed by atoms with E-state index in [0.717, 1.165) is 23.5 Å². The molecule has 0 aliphatic carbocycles. The lowest BCUT2D eigenvalue weighted by molar-refractivity contribution is -0.137. The predicted octanol–water partition coefficient (Wildman–Crippen LogP) is 7.19. The minimum absolute atomic E-state index is 0.0179. The number of pyridine rings is 1. The zero-order chi connectivity index (χ0) is 28.4. The van der Waals surface area contributed by atoms with Crippen molar-refractivity contribution >= 4 is 35.0 Å². The molecule has 1 aliphatic heterocycles. The van der Waals surface area contributed by atoms with E-state index < -0.39 is 11.7 Å². The highest BCUT2D eigenvalue weighted by molar-refractivity contribution is 6.32. The molecule has 0 saturated carbocycles. The maximum atomic E-state index is 13.0. The Morgan fingerprint density at radius 1 is 0.950 bits per heavy atom. The van der Waals surface area contributed by atoms with Crippen molar-refractivity contribution < 1.29 is 13.2 Å². The van der Waals surface area contributed by atoms with Crippen LogP contribution < -0.4 is 15.1 Å². The van der Waals surface area contributed by atoms with Crippen molar-refractivity contribution in [2.75, 3.05) is 34.8 Å². The average Bonchev–Trinajstić information content (AvgIpc) is 2.93. The fourth-order valence-corrected chi connectivity index (χ4v) is 4.87. The van der Waals surface area contributed by atoms with Crippen LogP contribution >= 0.6 is 11.6 Å². The number of aromatic nitrogens is 4. The number of rotatable bonds is 6. The maximum absolute atomic E-state index is 13.0. The lowest BCUT2D eigenvalue weighted by Gasteiger charge is -2.40. The summed E-state index contributed by atoms with van der Waals surface area (Å²) in [4.78, 5) is 22.8. The van der Waals surface area contributed by atoms with Crippen molar-refractivity contribution in [3.8, 4) is 11.4 Å². The highest BCUT2D eigenvalue weighted by Gasteiger charge is 2.30. The molecule has 0 radical (unpaired) electrons. The van der Waals surface area contributed by atoms with E-state index >= 15 is 0 Å². The van der Waals surface area contributed by atoms with Gasteiger partial charge in [0.1, 0.15) is 5.82 Å². The minimum Gasteiger partial charge on any atom is -0.352 e. The van der Waals surface area contributed by atoms with Crippen molar-refractivity contribution in [3.63, 3.8) is 0 Å². The van der Waals surface area contributed by atoms with E-state index in [2.05, 4.69) is 50.8 Å². The normalized spacial score (nSPS) is 15.9. The van der Waals surface area contributed by atoms with Gasteiger partial charge in [0.05, 0.1) is 10.6 Å². The fraction of sp³-hybridized carbons (Fsp3) is 0.310. The third kappa shape index (κ3) is 6.12. The molecule has 1 N–H and O–H groups in total. The Morgan fingerprint density at radius 2 is 1.68 bits per heavy atom. The second-order valence-electron chi connectivity index (χ2n) is 10.1. The number of anilines is 4. The van der Waals surface area contributed by atoms with Gasteiger partial charge in [0.15, 0.2) is 5.82 Å². The Kier molecular flexibility index (Phi) is 7.80. The van der Waals surface area contributed by atoms with Crippen LogP contribution in [0.25, 0.3) is 11.4 Å². The first kappa shape index (κ1) is 27.6. The lowest BCUT2D eigenvalue weighted by atomic mass is 10.0. The number of nitrogens with one attached hydrogen (secondary N) is 1. The first-order chi connectivity index (χ1) is 19.1. The monoisotopic (exact) mass is 567 g/mol. The minimum atomic E-state index is -4.41. The molecule has 1 aliphatic rings. The summed E-state index contributed by atoms with van der Waals surface area (Å²) in [5.41, 5.74) is 1.73. The zero-order valence-electron chi connectivity index (χ0n) is 22.3. The summed E-state index contributed by atoms with van der Waals surface area (Å²) in [6.45, 7) is 8.26. The molecule has 1 saturated heterocycles. The number of benzene rings is 2. The molecule has 5 rings (SSSR count). The maximum Gasteiger partial charge on any atom is 0.416 e. The van der Waals surface area contributed by atoms with E-state index in [1.165, 1.54) is 17.7 Å². The molecular formula is C29H29ClF3N7. The highest BCUT2D eigenvalue weighted by atomic mass is 35.5. The number of halogens is 4. The van der Waals surface area contributed by atoms with E-state index in [-0.39, 0.29) is 12.0 Å². The molecule has 0 amide bonds. The van der Waals surface area contributed by atoms with Crippen LogP contribution in [0.1, 0.15) is 37.8 Å². The summed E-state index contributed by atoms with van der Waals surface area (Å²) >= 11 is 6.39. The van der Waals surface area contributed by atoms with Gasteiger partial charge in [-0.3, -0.25) is 0 Å². The van der Waals surface area contributed by atoms with Crippen LogP contribution in [0.3, 0.4) is 0 Å². The summed E-state index contributed by atoms with van der Waals surface area (Å²) in [5, 5.41) is 3.66. The quantitative estimate of drug-likeness (QED) is 0.264. The Morgan fingerprint density at radius 3 is 2.30 bits per heavy atom. The van der Waals surface area contributed by atoms with Crippen LogP contribution in [0.4, 0.5) is 36.6 Å². The van der Waals surface area contributed by atoms with Crippen LogP contribution in [0.5, 0.6) is 0 Å². The van der Waals surface area contributed by atoms with Crippen LogP contribution in [0, 0.1) is 0 Å². The smallest absolute Gasteiger partial charge is 0.352 e. The number of piperazine rings is 1. The van der Waals surface area contributed by atoms with E-state index in [1.807, 2.05) is 30.3 Å². The first-order valence-electron chi connectivity index (χ1n) is 13.0. The van der Waals surface area contributed by atoms with Gasteiger partial charge in [0, 0.05) is 43.1 Å². The van der Waals surface area contributed by atoms with Gasteiger partial charge in [0.25, 0.3) is 0 Å². The Bertz CT molecular complexity index is 1460. The van der Waals surface area contributed by atoms with Crippen molar-refractivity contribution in [3.05, 3.63) is 83.0 Å². The molecule has 1 fully saturated rings. The molecule has 208 valence electrons. The van der Waals surface area contributed by atoms with Gasteiger partial charge >= 0.3 is 6.18 Å². The summed E-state index contributed by atoms with van der Waals surface area (Å²) < 4.78 is 39.1. The van der Waals surface area contributed by atoms with E-state index in [0.29, 0.717) is 48.0 Å². The topological polar surface area (TPSA) is 70.1 Å². The molecule has 40 heavy (non-hydrogen) atoms. The highest BCUT2D eigenvalue weighted by Crippen LogP contribution is 2.31. The average molecular weight is 568 g/mol. The number of alkyl halides is 3. The summed E-state index contributed by atoms with van der Waals surface area (Å²) in [6.07, 6.45) is -2.69. The molecule has 0 spiro atoms. The second kappa shape index (κ2) is 11.3. The van der Waals surface area contributed by atoms with Gasteiger partial charge in [0.2, 0.25) is 11.9 Å². The van der Waals surface area contributed by atoms with Crippen molar-refractivity contribution in [1.29, 1.82) is 0 Å². The second-order valence-corrected chi connectivity index (χ2v) is 10.5. The molecule has 3 heterocycles. The first-order valence-corrected chi connectivity index (χ1v) is 13.4. The molecule has 2 aromatic carbocycles. The van der Waals surface area contributed by atoms with E-state index in [9.17, 15) is 13.2 Å². The summed E-state index contributed by atoms with van der Waals surface area (Å²) in [6, 6.07) is 16.5. The molecule has 2 aromatic heterocycles. The van der Waals surface area contributed by atoms with Crippen molar-refractivity contribution in [2.45, 2.75) is 38.9 Å². The Balaban J connectivity index is 1.46. The SMILES string of the molecule is CC(C)c1ccc(-c2nc(Nc3ccc(C(F)(F)F)cc3)nc(N3CCN(c4ncccc4Cl)CC3C)n2)cc1. The summed E-state index contributed by atoms with van der Waals surface area (Å²) in [7, 11) is 0. The Labute approximate surface area is 236 Å². The van der Waals surface area contributed by atoms with Crippen molar-refractivity contribution in [1.82, 2.24) is 19.9 Å². The van der Waals surface area contributed by atoms with Gasteiger partial charge in [-0.2, -0.15) is 28.1 Å². The molecule has 11 heteroatoms. The number of hydrogen-bond acceptors (Lipinski definition) is 7. The Hall–Kier alpha value is -3.92. The molecule has 7 nitrogen and oxygen atoms in total. The fourth-order valence-electron chi connectivity index (χ4n) is 4.62. The van der Waals surface area contributed by atoms with Gasteiger partial charge in [-0.05, 0) is 54.8 Å². The van der Waals surface area contributed by atoms with Crippen molar-refractivity contribution in [2.24, 2.45) is 0 Å². The standard InChI is InChI=1S/C29H29ClF3N7/c1-18(2)20-6-8-21(9-7-20)25-36-27(35-23-12-10-22(11-13-23)29(31,32)33)38-28(37-25)40-16-15-39(17-19(40)3)26-24(30)5-4-14-34-26/h4-14,18-19H,15-17H2,1-3H3,(H,35,36,37,38). The largest absolute Gasteiger partial charge is 0.416 e. The van der Waals surface area contributed by atoms with E-state index in [1.54, 1.807) is 12.3 Å². The third-order valence-corrected chi connectivity index (χ3v) is 7.15. The summed E-state index contributed by atoms with van der Waals surface area (Å²) in [5.74, 6) is 2.31. The lowest BCUT2D eigenvalue weighted by Crippen LogP contribution is -2.53. The van der Waals surface area contributed by atoms with Crippen LogP contribution in [0.15, 0.2) is 66.9 Å². The van der Waals surface area contributed by atoms with Gasteiger partial charge in [-0.1, -0.05) is 49.7 Å². The van der Waals surface area contributed by atoms with Crippen LogP contribution in [0.2, 0.25) is 5.02 Å². The van der Waals surface area contributed by atoms with Gasteiger partial charge < -0.3 is 15.1 Å². The molecule has 1 atom stereocenters. The van der Waals surface area contributed by atoms with Crippen LogP contribution in [-0.4, -0.2) is 45.6 Å². The third-order valence-electron chi connectivity index (χ3n) is 6.85. The number of hydrogen-bond donors (Lipinski definition) is 1. The van der Waals surface area contributed by atoms with Crippen LogP contribution in [-0.2, 0) is 6.18 Å². The number of nitrogens with zero attached hydrogens (tertiary/aromatic N) is 6. The zero-order valence-corrected chi connectivity index (χ0v) is 23.1. The molecular weight excluding hydrogens is 539 g/mol. The molecule has 1 unspecified atom stereocenters. The molecule has 0 bridgehead atoms. The van der Waals surface area contributed by atoms with E-state index in [4.69, 9.17) is 16.6 Å². The predicted molar refractivity (Wildman–Crippen MR) is 152 cm³/mol. The van der Waals surface area contributed by atoms with Gasteiger partial charge in [-0.15, -0.1) is 0 Å². The molecule has 4 aromatic rings. The van der Waals surface area contributed by atoms with Gasteiger partial charge in [-0.25, -0.2) is 4.98 Å².